The summed E-state index contributed by atoms with van der Waals surface area (Å²) in [6.45, 7) is 3.65. The van der Waals surface area contributed by atoms with Crippen molar-refractivity contribution in [3.63, 3.8) is 0 Å². The molecule has 1 heterocycles. The summed E-state index contributed by atoms with van der Waals surface area (Å²) in [5.41, 5.74) is 5.20. The van der Waals surface area contributed by atoms with Crippen LogP contribution in [0.1, 0.15) is 20.3 Å². The minimum Gasteiger partial charge on any atom is -0.469 e. The minimum absolute atomic E-state index is 0.0240. The number of benzene rings is 1. The molecule has 0 fully saturated rings. The van der Waals surface area contributed by atoms with E-state index in [0.29, 0.717) is 10.9 Å². The van der Waals surface area contributed by atoms with E-state index in [1.54, 1.807) is 38.1 Å². The summed E-state index contributed by atoms with van der Waals surface area (Å²) >= 11 is 1.04. The molecule has 0 unspecified atom stereocenters. The summed E-state index contributed by atoms with van der Waals surface area (Å²) in [5, 5.41) is 2.02. The van der Waals surface area contributed by atoms with E-state index in [4.69, 9.17) is 5.73 Å². The van der Waals surface area contributed by atoms with Gasteiger partial charge in [0.05, 0.1) is 29.7 Å². The van der Waals surface area contributed by atoms with Crippen LogP contribution < -0.4 is 16.6 Å². The molecule has 0 bridgehead atoms. The molecule has 0 radical (unpaired) electrons. The van der Waals surface area contributed by atoms with Crippen molar-refractivity contribution in [2.75, 3.05) is 7.11 Å². The van der Waals surface area contributed by atoms with Crippen LogP contribution in [-0.2, 0) is 20.9 Å². The topological polar surface area (TPSA) is 133 Å². The van der Waals surface area contributed by atoms with Gasteiger partial charge in [-0.15, -0.1) is 0 Å². The number of ether oxygens (including phenoxy) is 1. The van der Waals surface area contributed by atoms with Gasteiger partial charge in [-0.2, -0.15) is 0 Å². The zero-order valence-electron chi connectivity index (χ0n) is 15.8. The number of nitrogens with zero attached hydrogens (tertiary/aromatic N) is 2. The van der Waals surface area contributed by atoms with Crippen molar-refractivity contribution in [1.29, 1.82) is 0 Å². The molecule has 1 aromatic heterocycles. The second-order valence-electron chi connectivity index (χ2n) is 6.33. The van der Waals surface area contributed by atoms with Crippen molar-refractivity contribution in [3.05, 3.63) is 34.6 Å². The van der Waals surface area contributed by atoms with Gasteiger partial charge in [0.1, 0.15) is 0 Å². The highest BCUT2D eigenvalue weighted by Gasteiger charge is 2.27. The molecule has 150 valence electrons. The second-order valence-corrected chi connectivity index (χ2v) is 7.44. The van der Waals surface area contributed by atoms with Crippen LogP contribution in [0.3, 0.4) is 0 Å². The molecule has 3 N–H and O–H groups in total. The Bertz CT molecular complexity index is 957. The van der Waals surface area contributed by atoms with Crippen LogP contribution in [0.4, 0.5) is 4.79 Å². The number of methoxy groups -OCH3 is 1. The number of carbonyl (C=O) groups excluding carboxylic acids is 3. The molecule has 9 nitrogen and oxygen atoms in total. The van der Waals surface area contributed by atoms with Crippen molar-refractivity contribution in [2.24, 2.45) is 11.7 Å². The van der Waals surface area contributed by atoms with Gasteiger partial charge in [0.25, 0.3) is 5.56 Å². The lowest BCUT2D eigenvalue weighted by molar-refractivity contribution is -0.140. The third kappa shape index (κ3) is 5.10. The molecule has 0 saturated carbocycles. The number of imide groups is 1. The number of nitrogens with one attached hydrogen (secondary N) is 1. The van der Waals surface area contributed by atoms with Crippen LogP contribution in [0.25, 0.3) is 10.9 Å². The van der Waals surface area contributed by atoms with Gasteiger partial charge < -0.3 is 10.5 Å². The average molecular weight is 406 g/mol. The predicted octanol–water partition coefficient (Wildman–Crippen LogP) is 1.27. The number of esters is 1. The SMILES string of the molecule is COC(=O)CCn1c(S[C@@H](C(=O)NC(N)=O)C(C)C)nc2ccccc2c1=O. The fourth-order valence-corrected chi connectivity index (χ4v) is 3.66. The maximum Gasteiger partial charge on any atom is 0.318 e. The number of aromatic nitrogens is 2. The first-order chi connectivity index (χ1) is 13.2. The molecule has 3 amide bonds. The molecule has 0 aliphatic heterocycles. The normalized spacial score (nSPS) is 12.0. The number of nitrogens with two attached hydrogens (primary N) is 1. The Kier molecular flexibility index (Phi) is 7.16. The summed E-state index contributed by atoms with van der Waals surface area (Å²) in [6, 6.07) is 5.86. The summed E-state index contributed by atoms with van der Waals surface area (Å²) in [6.07, 6.45) is -0.0240. The Morgan fingerprint density at radius 2 is 1.96 bits per heavy atom. The van der Waals surface area contributed by atoms with Gasteiger partial charge in [0.15, 0.2) is 5.16 Å². The van der Waals surface area contributed by atoms with E-state index in [2.05, 4.69) is 15.0 Å². The van der Waals surface area contributed by atoms with E-state index in [0.717, 1.165) is 11.8 Å². The lowest BCUT2D eigenvalue weighted by Gasteiger charge is -2.20. The highest BCUT2D eigenvalue weighted by molar-refractivity contribution is 8.00. The number of hydrogen-bond donors (Lipinski definition) is 2. The molecule has 0 aliphatic rings. The van der Waals surface area contributed by atoms with Gasteiger partial charge in [0.2, 0.25) is 5.91 Å². The van der Waals surface area contributed by atoms with Crippen LogP contribution in [-0.4, -0.2) is 39.8 Å². The third-order valence-electron chi connectivity index (χ3n) is 3.94. The van der Waals surface area contributed by atoms with E-state index in [1.165, 1.54) is 11.7 Å². The van der Waals surface area contributed by atoms with E-state index in [1.807, 2.05) is 0 Å². The molecule has 0 spiro atoms. The summed E-state index contributed by atoms with van der Waals surface area (Å²) in [5.74, 6) is -1.22. The van der Waals surface area contributed by atoms with Crippen LogP contribution >= 0.6 is 11.8 Å². The minimum atomic E-state index is -0.953. The van der Waals surface area contributed by atoms with Crippen molar-refractivity contribution < 1.29 is 19.1 Å². The quantitative estimate of drug-likeness (QED) is 0.402. The zero-order valence-corrected chi connectivity index (χ0v) is 16.6. The van der Waals surface area contributed by atoms with Crippen molar-refractivity contribution in [1.82, 2.24) is 14.9 Å². The number of para-hydroxylation sites is 1. The van der Waals surface area contributed by atoms with E-state index in [-0.39, 0.29) is 29.6 Å². The van der Waals surface area contributed by atoms with E-state index in [9.17, 15) is 19.2 Å². The Balaban J connectivity index is 2.50. The summed E-state index contributed by atoms with van der Waals surface area (Å²) in [7, 11) is 1.27. The van der Waals surface area contributed by atoms with Crippen molar-refractivity contribution in [3.8, 4) is 0 Å². The number of primary amides is 1. The van der Waals surface area contributed by atoms with Crippen LogP contribution in [0, 0.1) is 5.92 Å². The van der Waals surface area contributed by atoms with Crippen LogP contribution in [0.15, 0.2) is 34.2 Å². The summed E-state index contributed by atoms with van der Waals surface area (Å²) < 4.78 is 5.99. The maximum atomic E-state index is 12.9. The van der Waals surface area contributed by atoms with Gasteiger partial charge in [0, 0.05) is 6.54 Å². The van der Waals surface area contributed by atoms with Crippen LogP contribution in [0.5, 0.6) is 0 Å². The number of urea groups is 1. The fourth-order valence-electron chi connectivity index (χ4n) is 2.54. The van der Waals surface area contributed by atoms with E-state index < -0.39 is 23.2 Å². The molecule has 1 aromatic carbocycles. The smallest absolute Gasteiger partial charge is 0.318 e. The first kappa shape index (κ1) is 21.4. The fraction of sp³-hybridized carbons (Fsp3) is 0.389. The highest BCUT2D eigenvalue weighted by atomic mass is 32.2. The standard InChI is InChI=1S/C18H22N4O5S/c1-10(2)14(15(24)21-17(19)26)28-18-20-12-7-5-4-6-11(12)16(25)22(18)9-8-13(23)27-3/h4-7,10,14H,8-9H2,1-3H3,(H3,19,21,24,26)/t14-/m1/s1. The first-order valence-electron chi connectivity index (χ1n) is 8.58. The Morgan fingerprint density at radius 1 is 1.29 bits per heavy atom. The first-order valence-corrected chi connectivity index (χ1v) is 9.46. The molecule has 0 aliphatic carbocycles. The predicted molar refractivity (Wildman–Crippen MR) is 105 cm³/mol. The molecule has 10 heteroatoms. The van der Waals surface area contributed by atoms with Gasteiger partial charge in [-0.25, -0.2) is 9.78 Å². The Labute approximate surface area is 165 Å². The number of thioether (sulfide) groups is 1. The molecular weight excluding hydrogens is 384 g/mol. The Hall–Kier alpha value is -2.88. The lowest BCUT2D eigenvalue weighted by atomic mass is 10.1. The van der Waals surface area contributed by atoms with Gasteiger partial charge in [-0.3, -0.25) is 24.3 Å². The average Bonchev–Trinajstić information content (AvgIpc) is 2.64. The highest BCUT2D eigenvalue weighted by Crippen LogP contribution is 2.27. The Morgan fingerprint density at radius 3 is 2.57 bits per heavy atom. The van der Waals surface area contributed by atoms with Crippen molar-refractivity contribution >= 4 is 40.6 Å². The maximum absolute atomic E-state index is 12.9. The van der Waals surface area contributed by atoms with E-state index >= 15 is 0 Å². The van der Waals surface area contributed by atoms with Crippen molar-refractivity contribution in [2.45, 2.75) is 37.2 Å². The number of carbonyl (C=O) groups is 3. The third-order valence-corrected chi connectivity index (χ3v) is 5.47. The molecule has 2 rings (SSSR count). The molecule has 2 aromatic rings. The number of fused-ring (bicyclic) bond motifs is 1. The lowest BCUT2D eigenvalue weighted by Crippen LogP contribution is -2.42. The number of rotatable bonds is 7. The zero-order chi connectivity index (χ0) is 20.8. The molecular formula is C18H22N4O5S. The number of hydrogen-bond acceptors (Lipinski definition) is 7. The monoisotopic (exact) mass is 406 g/mol. The molecule has 28 heavy (non-hydrogen) atoms. The largest absolute Gasteiger partial charge is 0.469 e. The van der Waals surface area contributed by atoms with Gasteiger partial charge in [-0.1, -0.05) is 37.7 Å². The second kappa shape index (κ2) is 9.36. The molecule has 1 atom stereocenters. The van der Waals surface area contributed by atoms with Gasteiger partial charge in [-0.05, 0) is 18.1 Å². The van der Waals surface area contributed by atoms with Crippen LogP contribution in [0.2, 0.25) is 0 Å². The number of amides is 3. The molecule has 0 saturated heterocycles. The van der Waals surface area contributed by atoms with Gasteiger partial charge >= 0.3 is 12.0 Å². The summed E-state index contributed by atoms with van der Waals surface area (Å²) in [4.78, 5) is 52.4.